The predicted octanol–water partition coefficient (Wildman–Crippen LogP) is 3.96. The largest absolute Gasteiger partial charge is 0.494 e. The smallest absolute Gasteiger partial charge is 0.306 e. The number of hydrogen-bond acceptors (Lipinski definition) is 2. The third-order valence-corrected chi connectivity index (χ3v) is 3.13. The maximum absolute atomic E-state index is 11.1. The van der Waals surface area contributed by atoms with Crippen LogP contribution in [0.25, 0.3) is 0 Å². The van der Waals surface area contributed by atoms with E-state index in [9.17, 15) is 4.79 Å². The Kier molecular flexibility index (Phi) is 6.19. The average molecular weight is 315 g/mol. The molecular weight excluding hydrogens is 296 g/mol. The van der Waals surface area contributed by atoms with Crippen molar-refractivity contribution in [2.75, 3.05) is 6.61 Å². The van der Waals surface area contributed by atoms with Crippen LogP contribution in [-0.2, 0) is 4.79 Å². The van der Waals surface area contributed by atoms with E-state index in [0.29, 0.717) is 25.4 Å². The molecule has 0 amide bonds. The number of ether oxygens (including phenoxy) is 1. The Labute approximate surface area is 116 Å². The highest BCUT2D eigenvalue weighted by Crippen LogP contribution is 2.20. The lowest BCUT2D eigenvalue weighted by atomic mass is 9.95. The van der Waals surface area contributed by atoms with E-state index in [1.54, 1.807) is 0 Å². The first-order valence-electron chi connectivity index (χ1n) is 6.10. The van der Waals surface area contributed by atoms with Gasteiger partial charge in [0.05, 0.1) is 12.5 Å². The molecule has 1 N–H and O–H groups in total. The van der Waals surface area contributed by atoms with E-state index in [-0.39, 0.29) is 5.92 Å². The van der Waals surface area contributed by atoms with Gasteiger partial charge in [0.15, 0.2) is 0 Å². The van der Waals surface area contributed by atoms with Crippen molar-refractivity contribution in [3.05, 3.63) is 28.7 Å². The van der Waals surface area contributed by atoms with Gasteiger partial charge in [0.1, 0.15) is 5.75 Å². The van der Waals surface area contributed by atoms with E-state index in [2.05, 4.69) is 15.9 Å². The van der Waals surface area contributed by atoms with Gasteiger partial charge in [-0.3, -0.25) is 4.79 Å². The van der Waals surface area contributed by atoms with Crippen LogP contribution >= 0.6 is 15.9 Å². The number of carboxylic acids is 1. The van der Waals surface area contributed by atoms with Crippen LogP contribution in [0.3, 0.4) is 0 Å². The van der Waals surface area contributed by atoms with Crippen molar-refractivity contribution in [3.63, 3.8) is 0 Å². The summed E-state index contributed by atoms with van der Waals surface area (Å²) in [5, 5.41) is 9.10. The Hall–Kier alpha value is -1.03. The maximum Gasteiger partial charge on any atom is 0.306 e. The zero-order valence-corrected chi connectivity index (χ0v) is 12.3. The molecule has 0 aliphatic rings. The lowest BCUT2D eigenvalue weighted by Crippen LogP contribution is -2.18. The van der Waals surface area contributed by atoms with Crippen LogP contribution in [0.15, 0.2) is 28.7 Å². The van der Waals surface area contributed by atoms with E-state index in [1.165, 1.54) is 0 Å². The van der Waals surface area contributed by atoms with Gasteiger partial charge >= 0.3 is 5.97 Å². The maximum atomic E-state index is 11.1. The van der Waals surface area contributed by atoms with Gasteiger partial charge < -0.3 is 9.84 Å². The molecule has 1 rings (SSSR count). The molecule has 0 aliphatic heterocycles. The van der Waals surface area contributed by atoms with Crippen molar-refractivity contribution in [2.45, 2.75) is 26.7 Å². The molecule has 0 bridgehead atoms. The number of carboxylic acid groups (broad SMARTS) is 1. The van der Waals surface area contributed by atoms with Gasteiger partial charge in [0, 0.05) is 4.47 Å². The molecule has 100 valence electrons. The summed E-state index contributed by atoms with van der Waals surface area (Å²) in [4.78, 5) is 11.1. The van der Waals surface area contributed by atoms with E-state index < -0.39 is 5.97 Å². The molecule has 18 heavy (non-hydrogen) atoms. The van der Waals surface area contributed by atoms with E-state index in [0.717, 1.165) is 10.2 Å². The summed E-state index contributed by atoms with van der Waals surface area (Å²) in [5.74, 6) is 0.0914. The first kappa shape index (κ1) is 15.0. The van der Waals surface area contributed by atoms with Crippen molar-refractivity contribution in [1.82, 2.24) is 0 Å². The number of hydrogen-bond donors (Lipinski definition) is 1. The minimum atomic E-state index is -0.735. The predicted molar refractivity (Wildman–Crippen MR) is 74.8 cm³/mol. The molecule has 3 nitrogen and oxygen atoms in total. The molecule has 0 heterocycles. The van der Waals surface area contributed by atoms with Gasteiger partial charge in [-0.1, -0.05) is 35.8 Å². The molecule has 1 aromatic rings. The summed E-state index contributed by atoms with van der Waals surface area (Å²) in [7, 11) is 0. The lowest BCUT2D eigenvalue weighted by Gasteiger charge is -2.15. The highest BCUT2D eigenvalue weighted by atomic mass is 79.9. The minimum absolute atomic E-state index is 0.322. The molecule has 0 radical (unpaired) electrons. The molecule has 1 unspecified atom stereocenters. The van der Waals surface area contributed by atoms with Gasteiger partial charge in [0.2, 0.25) is 0 Å². The van der Waals surface area contributed by atoms with E-state index in [1.807, 2.05) is 38.1 Å². The van der Waals surface area contributed by atoms with Gasteiger partial charge in [0.25, 0.3) is 0 Å². The van der Waals surface area contributed by atoms with E-state index >= 15 is 0 Å². The van der Waals surface area contributed by atoms with Crippen molar-refractivity contribution in [2.24, 2.45) is 11.8 Å². The second-order valence-corrected chi connectivity index (χ2v) is 5.67. The summed E-state index contributed by atoms with van der Waals surface area (Å²) in [5.41, 5.74) is 0. The van der Waals surface area contributed by atoms with Crippen molar-refractivity contribution < 1.29 is 14.6 Å². The normalized spacial score (nSPS) is 12.4. The standard InChI is InChI=1S/C14H19BrO3/c1-10(2)8-11(14(16)17)6-7-18-13-5-3-4-12(15)9-13/h3-5,9-11H,6-8H2,1-2H3,(H,16,17). The highest BCUT2D eigenvalue weighted by molar-refractivity contribution is 9.10. The molecule has 0 saturated heterocycles. The highest BCUT2D eigenvalue weighted by Gasteiger charge is 2.18. The van der Waals surface area contributed by atoms with Crippen LogP contribution in [0, 0.1) is 11.8 Å². The first-order valence-corrected chi connectivity index (χ1v) is 6.89. The Morgan fingerprint density at radius 3 is 2.72 bits per heavy atom. The minimum Gasteiger partial charge on any atom is -0.494 e. The monoisotopic (exact) mass is 314 g/mol. The average Bonchev–Trinajstić information content (AvgIpc) is 2.27. The van der Waals surface area contributed by atoms with Crippen molar-refractivity contribution in [1.29, 1.82) is 0 Å². The molecule has 1 atom stereocenters. The second kappa shape index (κ2) is 7.41. The number of carbonyl (C=O) groups is 1. The Balaban J connectivity index is 2.41. The SMILES string of the molecule is CC(C)CC(CCOc1cccc(Br)c1)C(=O)O. The van der Waals surface area contributed by atoms with Crippen molar-refractivity contribution >= 4 is 21.9 Å². The fraction of sp³-hybridized carbons (Fsp3) is 0.500. The van der Waals surface area contributed by atoms with Crippen molar-refractivity contribution in [3.8, 4) is 5.75 Å². The third-order valence-electron chi connectivity index (χ3n) is 2.64. The molecular formula is C14H19BrO3. The third kappa shape index (κ3) is 5.54. The summed E-state index contributed by atoms with van der Waals surface area (Å²) in [6, 6.07) is 7.55. The fourth-order valence-electron chi connectivity index (χ4n) is 1.79. The summed E-state index contributed by atoms with van der Waals surface area (Å²) in [6.45, 7) is 4.50. The van der Waals surface area contributed by atoms with Gasteiger partial charge in [-0.25, -0.2) is 0 Å². The number of rotatable bonds is 7. The lowest BCUT2D eigenvalue weighted by molar-refractivity contribution is -0.142. The summed E-state index contributed by atoms with van der Waals surface area (Å²) in [6.07, 6.45) is 1.23. The molecule has 0 aliphatic carbocycles. The van der Waals surface area contributed by atoms with Crippen LogP contribution in [-0.4, -0.2) is 17.7 Å². The number of aliphatic carboxylic acids is 1. The molecule has 4 heteroatoms. The summed E-state index contributed by atoms with van der Waals surface area (Å²) < 4.78 is 6.51. The molecule has 1 aromatic carbocycles. The van der Waals surface area contributed by atoms with Crippen LogP contribution in [0.1, 0.15) is 26.7 Å². The molecule has 0 aromatic heterocycles. The topological polar surface area (TPSA) is 46.5 Å². The molecule has 0 fully saturated rings. The Bertz CT molecular complexity index is 390. The second-order valence-electron chi connectivity index (χ2n) is 4.76. The van der Waals surface area contributed by atoms with Gasteiger partial charge in [-0.05, 0) is 37.0 Å². The quantitative estimate of drug-likeness (QED) is 0.828. The summed E-state index contributed by atoms with van der Waals surface area (Å²) >= 11 is 3.36. The fourth-order valence-corrected chi connectivity index (χ4v) is 2.17. The van der Waals surface area contributed by atoms with Crippen LogP contribution < -0.4 is 4.74 Å². The van der Waals surface area contributed by atoms with Crippen LogP contribution in [0.4, 0.5) is 0 Å². The van der Waals surface area contributed by atoms with Crippen LogP contribution in [0.2, 0.25) is 0 Å². The van der Waals surface area contributed by atoms with Gasteiger partial charge in [-0.2, -0.15) is 0 Å². The Morgan fingerprint density at radius 1 is 1.44 bits per heavy atom. The van der Waals surface area contributed by atoms with Gasteiger partial charge in [-0.15, -0.1) is 0 Å². The zero-order valence-electron chi connectivity index (χ0n) is 10.7. The zero-order chi connectivity index (χ0) is 13.5. The molecule has 0 spiro atoms. The number of halogens is 1. The molecule has 0 saturated carbocycles. The Morgan fingerprint density at radius 2 is 2.17 bits per heavy atom. The van der Waals surface area contributed by atoms with Crippen LogP contribution in [0.5, 0.6) is 5.75 Å². The number of benzene rings is 1. The first-order chi connectivity index (χ1) is 8.49. The van der Waals surface area contributed by atoms with E-state index in [4.69, 9.17) is 9.84 Å².